The highest BCUT2D eigenvalue weighted by Crippen LogP contribution is 2.21. The van der Waals surface area contributed by atoms with E-state index >= 15 is 0 Å². The summed E-state index contributed by atoms with van der Waals surface area (Å²) in [5, 5.41) is 2.29. The molecule has 3 rings (SSSR count). The number of benzene rings is 1. The molecule has 4 amide bonds. The van der Waals surface area contributed by atoms with Crippen LogP contribution in [0.15, 0.2) is 24.3 Å². The number of rotatable bonds is 5. The molecule has 8 heteroatoms. The quantitative estimate of drug-likeness (QED) is 0.834. The molecule has 0 aromatic heterocycles. The number of nitrogens with one attached hydrogen (secondary N) is 1. The maximum absolute atomic E-state index is 12.3. The van der Waals surface area contributed by atoms with Crippen LogP contribution in [-0.4, -0.2) is 73.0 Å². The van der Waals surface area contributed by atoms with Gasteiger partial charge in [-0.15, -0.1) is 0 Å². The van der Waals surface area contributed by atoms with E-state index in [0.717, 1.165) is 26.2 Å². The van der Waals surface area contributed by atoms with Crippen LogP contribution in [0.1, 0.15) is 20.3 Å². The number of carbonyl (C=O) groups excluding carboxylic acids is 3. The number of nitrogens with zero attached hydrogens (tertiary/aromatic N) is 3. The average Bonchev–Trinajstić information content (AvgIpc) is 2.67. The Morgan fingerprint density at radius 2 is 1.74 bits per heavy atom. The summed E-state index contributed by atoms with van der Waals surface area (Å²) in [5.74, 6) is 0.293. The van der Waals surface area contributed by atoms with Crippen LogP contribution in [0.3, 0.4) is 0 Å². The van der Waals surface area contributed by atoms with Crippen molar-refractivity contribution >= 4 is 23.5 Å². The molecule has 8 nitrogen and oxygen atoms in total. The maximum Gasteiger partial charge on any atom is 0.328 e. The summed E-state index contributed by atoms with van der Waals surface area (Å²) in [6, 6.07) is 7.02. The molecule has 27 heavy (non-hydrogen) atoms. The molecule has 0 spiro atoms. The minimum absolute atomic E-state index is 0.000270. The van der Waals surface area contributed by atoms with Crippen molar-refractivity contribution in [3.63, 3.8) is 0 Å². The predicted molar refractivity (Wildman–Crippen MR) is 101 cm³/mol. The highest BCUT2D eigenvalue weighted by molar-refractivity contribution is 6.05. The standard InChI is InChI=1S/C19H26N4O4/c1-14(2)21-9-11-22(12-10-21)18(25)13-27-16-5-3-15(4-6-16)23-8-7-17(24)20-19(23)26/h3-6,14H,7-13H2,1-2H3,(H,20,24,26). The van der Waals surface area contributed by atoms with E-state index in [1.54, 1.807) is 24.3 Å². The Morgan fingerprint density at radius 1 is 1.07 bits per heavy atom. The Morgan fingerprint density at radius 3 is 2.33 bits per heavy atom. The molecule has 2 aliphatic rings. The second-order valence-electron chi connectivity index (χ2n) is 7.05. The Bertz CT molecular complexity index is 696. The largest absolute Gasteiger partial charge is 0.484 e. The number of amides is 4. The Kier molecular flexibility index (Phi) is 5.95. The number of urea groups is 1. The van der Waals surface area contributed by atoms with Crippen molar-refractivity contribution in [2.45, 2.75) is 26.3 Å². The van der Waals surface area contributed by atoms with Crippen molar-refractivity contribution in [2.75, 3.05) is 44.2 Å². The molecule has 2 fully saturated rings. The van der Waals surface area contributed by atoms with E-state index in [-0.39, 0.29) is 24.8 Å². The van der Waals surface area contributed by atoms with Gasteiger partial charge in [-0.1, -0.05) is 0 Å². The van der Waals surface area contributed by atoms with Gasteiger partial charge in [0.25, 0.3) is 5.91 Å². The van der Waals surface area contributed by atoms with Gasteiger partial charge in [-0.2, -0.15) is 0 Å². The van der Waals surface area contributed by atoms with Gasteiger partial charge in [0.2, 0.25) is 5.91 Å². The molecule has 0 bridgehead atoms. The monoisotopic (exact) mass is 374 g/mol. The molecule has 146 valence electrons. The van der Waals surface area contributed by atoms with E-state index in [9.17, 15) is 14.4 Å². The number of carbonyl (C=O) groups is 3. The van der Waals surface area contributed by atoms with Crippen LogP contribution in [0.25, 0.3) is 0 Å². The zero-order valence-electron chi connectivity index (χ0n) is 15.8. The van der Waals surface area contributed by atoms with Crippen LogP contribution in [-0.2, 0) is 9.59 Å². The molecule has 2 aliphatic heterocycles. The minimum atomic E-state index is -0.421. The fraction of sp³-hybridized carbons (Fsp3) is 0.526. The maximum atomic E-state index is 12.3. The van der Waals surface area contributed by atoms with Crippen LogP contribution in [0.4, 0.5) is 10.5 Å². The van der Waals surface area contributed by atoms with Crippen LogP contribution in [0, 0.1) is 0 Å². The molecular formula is C19H26N4O4. The van der Waals surface area contributed by atoms with Gasteiger partial charge >= 0.3 is 6.03 Å². The number of ether oxygens (including phenoxy) is 1. The first-order chi connectivity index (χ1) is 12.9. The molecule has 2 saturated heterocycles. The van der Waals surface area contributed by atoms with Crippen molar-refractivity contribution in [3.05, 3.63) is 24.3 Å². The lowest BCUT2D eigenvalue weighted by Crippen LogP contribution is -2.51. The van der Waals surface area contributed by atoms with E-state index in [1.807, 2.05) is 4.90 Å². The van der Waals surface area contributed by atoms with E-state index in [4.69, 9.17) is 4.74 Å². The Labute approximate surface area is 159 Å². The summed E-state index contributed by atoms with van der Waals surface area (Å²) < 4.78 is 5.60. The molecule has 0 atom stereocenters. The topological polar surface area (TPSA) is 82.2 Å². The summed E-state index contributed by atoms with van der Waals surface area (Å²) in [4.78, 5) is 41.1. The highest BCUT2D eigenvalue weighted by atomic mass is 16.5. The Balaban J connectivity index is 1.48. The van der Waals surface area contributed by atoms with Gasteiger partial charge in [0, 0.05) is 50.9 Å². The van der Waals surface area contributed by atoms with Crippen molar-refractivity contribution < 1.29 is 19.1 Å². The average molecular weight is 374 g/mol. The van der Waals surface area contributed by atoms with Crippen LogP contribution in [0.5, 0.6) is 5.75 Å². The minimum Gasteiger partial charge on any atom is -0.484 e. The van der Waals surface area contributed by atoms with Crippen molar-refractivity contribution in [1.29, 1.82) is 0 Å². The molecule has 1 aromatic rings. The third-order valence-electron chi connectivity index (χ3n) is 4.96. The van der Waals surface area contributed by atoms with Gasteiger partial charge in [-0.25, -0.2) is 4.79 Å². The molecule has 0 radical (unpaired) electrons. The van der Waals surface area contributed by atoms with E-state index in [2.05, 4.69) is 24.1 Å². The van der Waals surface area contributed by atoms with Crippen LogP contribution in [0.2, 0.25) is 0 Å². The second kappa shape index (κ2) is 8.39. The lowest BCUT2D eigenvalue weighted by atomic mass is 10.2. The van der Waals surface area contributed by atoms with Gasteiger partial charge < -0.3 is 9.64 Å². The fourth-order valence-corrected chi connectivity index (χ4v) is 3.26. The van der Waals surface area contributed by atoms with Crippen LogP contribution >= 0.6 is 0 Å². The number of imide groups is 1. The normalized spacial score (nSPS) is 18.6. The van der Waals surface area contributed by atoms with Gasteiger partial charge in [-0.3, -0.25) is 24.7 Å². The van der Waals surface area contributed by atoms with Crippen LogP contribution < -0.4 is 15.0 Å². The highest BCUT2D eigenvalue weighted by Gasteiger charge is 2.24. The molecule has 1 aromatic carbocycles. The van der Waals surface area contributed by atoms with Gasteiger partial charge in [0.15, 0.2) is 6.61 Å². The second-order valence-corrected chi connectivity index (χ2v) is 7.05. The van der Waals surface area contributed by atoms with E-state index in [1.165, 1.54) is 4.90 Å². The molecule has 0 aliphatic carbocycles. The first-order valence-corrected chi connectivity index (χ1v) is 9.30. The summed E-state index contributed by atoms with van der Waals surface area (Å²) >= 11 is 0. The summed E-state index contributed by atoms with van der Waals surface area (Å²) in [5.41, 5.74) is 0.684. The number of anilines is 1. The zero-order valence-corrected chi connectivity index (χ0v) is 15.8. The van der Waals surface area contributed by atoms with Crippen molar-refractivity contribution in [2.24, 2.45) is 0 Å². The SMILES string of the molecule is CC(C)N1CCN(C(=O)COc2ccc(N3CCC(=O)NC3=O)cc2)CC1. The van der Waals surface area contributed by atoms with Gasteiger partial charge in [0.1, 0.15) is 5.75 Å². The number of hydrogen-bond acceptors (Lipinski definition) is 5. The summed E-state index contributed by atoms with van der Waals surface area (Å²) in [6.45, 7) is 7.90. The molecular weight excluding hydrogens is 348 g/mol. The molecule has 1 N–H and O–H groups in total. The predicted octanol–water partition coefficient (Wildman–Crippen LogP) is 1.06. The van der Waals surface area contributed by atoms with Crippen molar-refractivity contribution in [1.82, 2.24) is 15.1 Å². The van der Waals surface area contributed by atoms with Gasteiger partial charge in [0.05, 0.1) is 0 Å². The number of hydrogen-bond donors (Lipinski definition) is 1. The molecule has 2 heterocycles. The lowest BCUT2D eigenvalue weighted by molar-refractivity contribution is -0.135. The smallest absolute Gasteiger partial charge is 0.328 e. The molecule has 0 saturated carbocycles. The number of piperazine rings is 1. The first-order valence-electron chi connectivity index (χ1n) is 9.30. The lowest BCUT2D eigenvalue weighted by Gasteiger charge is -2.36. The van der Waals surface area contributed by atoms with Gasteiger partial charge in [-0.05, 0) is 38.1 Å². The third kappa shape index (κ3) is 4.77. The van der Waals surface area contributed by atoms with E-state index < -0.39 is 6.03 Å². The first kappa shape index (κ1) is 19.2. The molecule has 0 unspecified atom stereocenters. The third-order valence-corrected chi connectivity index (χ3v) is 4.96. The fourth-order valence-electron chi connectivity index (χ4n) is 3.26. The van der Waals surface area contributed by atoms with E-state index in [0.29, 0.717) is 24.0 Å². The summed E-state index contributed by atoms with van der Waals surface area (Å²) in [7, 11) is 0. The van der Waals surface area contributed by atoms with Crippen molar-refractivity contribution in [3.8, 4) is 5.75 Å². The summed E-state index contributed by atoms with van der Waals surface area (Å²) in [6.07, 6.45) is 0.280. The Hall–Kier alpha value is -2.61. The zero-order chi connectivity index (χ0) is 19.4.